The summed E-state index contributed by atoms with van der Waals surface area (Å²) in [6, 6.07) is 8.44. The molecule has 3 heterocycles. The van der Waals surface area contributed by atoms with Gasteiger partial charge in [-0.25, -0.2) is 9.07 Å². The standard InChI is InChI=1S/C18H18FN5O/c19-16-6-1-2-7-17(16)24-12-14(11-21-24)18(25)22-9-3-5-15(13-22)23-10-4-8-20-23/h1-2,4,6-8,10-12,15H,3,5,9,13H2. The normalized spacial score (nSPS) is 17.6. The van der Waals surface area contributed by atoms with Crippen molar-refractivity contribution in [2.24, 2.45) is 0 Å². The number of hydrogen-bond donors (Lipinski definition) is 0. The fourth-order valence-corrected chi connectivity index (χ4v) is 3.24. The molecule has 6 nitrogen and oxygen atoms in total. The van der Waals surface area contributed by atoms with Crippen molar-refractivity contribution in [3.8, 4) is 5.69 Å². The van der Waals surface area contributed by atoms with E-state index in [4.69, 9.17) is 0 Å². The van der Waals surface area contributed by atoms with Gasteiger partial charge in [-0.05, 0) is 31.0 Å². The predicted octanol–water partition coefficient (Wildman–Crippen LogP) is 2.69. The second-order valence-electron chi connectivity index (χ2n) is 6.16. The Bertz CT molecular complexity index is 873. The molecule has 7 heteroatoms. The molecule has 1 aromatic carbocycles. The van der Waals surface area contributed by atoms with Crippen LogP contribution in [0, 0.1) is 5.82 Å². The Morgan fingerprint density at radius 1 is 1.20 bits per heavy atom. The highest BCUT2D eigenvalue weighted by molar-refractivity contribution is 5.93. The molecule has 0 radical (unpaired) electrons. The zero-order chi connectivity index (χ0) is 17.2. The van der Waals surface area contributed by atoms with Gasteiger partial charge >= 0.3 is 0 Å². The number of para-hydroxylation sites is 1. The zero-order valence-electron chi connectivity index (χ0n) is 13.6. The van der Waals surface area contributed by atoms with Gasteiger partial charge in [-0.3, -0.25) is 9.48 Å². The number of benzene rings is 1. The first-order valence-corrected chi connectivity index (χ1v) is 8.30. The van der Waals surface area contributed by atoms with E-state index < -0.39 is 0 Å². The van der Waals surface area contributed by atoms with Gasteiger partial charge in [-0.1, -0.05) is 12.1 Å². The largest absolute Gasteiger partial charge is 0.336 e. The number of nitrogens with zero attached hydrogens (tertiary/aromatic N) is 5. The smallest absolute Gasteiger partial charge is 0.257 e. The second kappa shape index (κ2) is 6.51. The van der Waals surface area contributed by atoms with Crippen molar-refractivity contribution in [3.63, 3.8) is 0 Å². The van der Waals surface area contributed by atoms with E-state index in [1.54, 1.807) is 30.6 Å². The molecule has 128 valence electrons. The first-order valence-electron chi connectivity index (χ1n) is 8.30. The van der Waals surface area contributed by atoms with Crippen LogP contribution in [0.15, 0.2) is 55.1 Å². The van der Waals surface area contributed by atoms with Gasteiger partial charge in [0.2, 0.25) is 0 Å². The van der Waals surface area contributed by atoms with Crippen LogP contribution in [0.3, 0.4) is 0 Å². The Morgan fingerprint density at radius 2 is 2.08 bits per heavy atom. The lowest BCUT2D eigenvalue weighted by Crippen LogP contribution is -2.40. The SMILES string of the molecule is O=C(c1cnn(-c2ccccc2F)c1)N1CCCC(n2cccn2)C1. The van der Waals surface area contributed by atoms with Crippen LogP contribution in [-0.2, 0) is 0 Å². The lowest BCUT2D eigenvalue weighted by Gasteiger charge is -2.32. The molecule has 1 saturated heterocycles. The molecule has 25 heavy (non-hydrogen) atoms. The molecule has 0 N–H and O–H groups in total. The summed E-state index contributed by atoms with van der Waals surface area (Å²) in [6.45, 7) is 1.33. The molecule has 1 aliphatic heterocycles. The van der Waals surface area contributed by atoms with Crippen molar-refractivity contribution >= 4 is 5.91 Å². The number of carbonyl (C=O) groups is 1. The van der Waals surface area contributed by atoms with Crippen LogP contribution >= 0.6 is 0 Å². The molecule has 0 saturated carbocycles. The highest BCUT2D eigenvalue weighted by atomic mass is 19.1. The lowest BCUT2D eigenvalue weighted by molar-refractivity contribution is 0.0673. The third-order valence-corrected chi connectivity index (χ3v) is 4.51. The molecule has 0 bridgehead atoms. The summed E-state index contributed by atoms with van der Waals surface area (Å²) < 4.78 is 17.2. The van der Waals surface area contributed by atoms with Crippen LogP contribution in [0.1, 0.15) is 29.2 Å². The quantitative estimate of drug-likeness (QED) is 0.737. The van der Waals surface area contributed by atoms with E-state index in [1.165, 1.54) is 16.9 Å². The first-order chi connectivity index (χ1) is 12.2. The Labute approximate surface area is 144 Å². The minimum Gasteiger partial charge on any atom is -0.336 e. The highest BCUT2D eigenvalue weighted by Crippen LogP contribution is 2.22. The fraction of sp³-hybridized carbons (Fsp3) is 0.278. The Morgan fingerprint density at radius 3 is 2.88 bits per heavy atom. The van der Waals surface area contributed by atoms with Crippen molar-refractivity contribution in [1.29, 1.82) is 0 Å². The number of hydrogen-bond acceptors (Lipinski definition) is 3. The van der Waals surface area contributed by atoms with Gasteiger partial charge in [0.05, 0.1) is 17.8 Å². The molecule has 1 amide bonds. The van der Waals surface area contributed by atoms with E-state index in [1.807, 2.05) is 21.8 Å². The van der Waals surface area contributed by atoms with Gasteiger partial charge in [-0.15, -0.1) is 0 Å². The summed E-state index contributed by atoms with van der Waals surface area (Å²) in [6.07, 6.45) is 8.68. The summed E-state index contributed by atoms with van der Waals surface area (Å²) in [5.41, 5.74) is 0.791. The monoisotopic (exact) mass is 339 g/mol. The average molecular weight is 339 g/mol. The van der Waals surface area contributed by atoms with Crippen LogP contribution in [0.4, 0.5) is 4.39 Å². The van der Waals surface area contributed by atoms with Crippen molar-refractivity contribution in [3.05, 3.63) is 66.5 Å². The lowest BCUT2D eigenvalue weighted by atomic mass is 10.1. The van der Waals surface area contributed by atoms with Gasteiger partial charge in [0.1, 0.15) is 11.5 Å². The number of rotatable bonds is 3. The third kappa shape index (κ3) is 3.05. The molecule has 1 unspecified atom stereocenters. The summed E-state index contributed by atoms with van der Waals surface area (Å²) in [5.74, 6) is -0.458. The van der Waals surface area contributed by atoms with Gasteiger partial charge < -0.3 is 4.90 Å². The van der Waals surface area contributed by atoms with Gasteiger partial charge in [0, 0.05) is 31.7 Å². The molecule has 1 fully saturated rings. The number of aromatic nitrogens is 4. The number of piperidine rings is 1. The van der Waals surface area contributed by atoms with Gasteiger partial charge in [0.25, 0.3) is 5.91 Å². The molecule has 3 aromatic rings. The maximum absolute atomic E-state index is 13.9. The Hall–Kier alpha value is -2.96. The van der Waals surface area contributed by atoms with E-state index in [0.717, 1.165) is 12.8 Å². The van der Waals surface area contributed by atoms with Crippen molar-refractivity contribution in [2.75, 3.05) is 13.1 Å². The third-order valence-electron chi connectivity index (χ3n) is 4.51. The van der Waals surface area contributed by atoms with E-state index in [9.17, 15) is 9.18 Å². The predicted molar refractivity (Wildman–Crippen MR) is 89.9 cm³/mol. The maximum atomic E-state index is 13.9. The van der Waals surface area contributed by atoms with Crippen molar-refractivity contribution < 1.29 is 9.18 Å². The number of likely N-dealkylation sites (tertiary alicyclic amines) is 1. The molecule has 4 rings (SSSR count). The molecule has 0 aliphatic carbocycles. The number of halogens is 1. The summed E-state index contributed by atoms with van der Waals surface area (Å²) >= 11 is 0. The minimum absolute atomic E-state index is 0.0838. The molecule has 1 atom stereocenters. The Kier molecular flexibility index (Phi) is 4.05. The summed E-state index contributed by atoms with van der Waals surface area (Å²) in [7, 11) is 0. The van der Waals surface area contributed by atoms with Crippen LogP contribution < -0.4 is 0 Å². The van der Waals surface area contributed by atoms with Crippen LogP contribution in [0.2, 0.25) is 0 Å². The molecule has 2 aromatic heterocycles. The van der Waals surface area contributed by atoms with Gasteiger partial charge in [-0.2, -0.15) is 10.2 Å². The van der Waals surface area contributed by atoms with Crippen LogP contribution in [0.5, 0.6) is 0 Å². The molecular formula is C18H18FN5O. The zero-order valence-corrected chi connectivity index (χ0v) is 13.6. The second-order valence-corrected chi connectivity index (χ2v) is 6.16. The van der Waals surface area contributed by atoms with E-state index >= 15 is 0 Å². The first kappa shape index (κ1) is 15.6. The van der Waals surface area contributed by atoms with Gasteiger partial charge in [0.15, 0.2) is 0 Å². The number of carbonyl (C=O) groups excluding carboxylic acids is 1. The topological polar surface area (TPSA) is 56.0 Å². The fourth-order valence-electron chi connectivity index (χ4n) is 3.24. The minimum atomic E-state index is -0.374. The summed E-state index contributed by atoms with van der Waals surface area (Å²) in [5, 5.41) is 8.42. The summed E-state index contributed by atoms with van der Waals surface area (Å²) in [4.78, 5) is 14.6. The number of amides is 1. The highest BCUT2D eigenvalue weighted by Gasteiger charge is 2.26. The molecular weight excluding hydrogens is 321 g/mol. The molecule has 0 spiro atoms. The van der Waals surface area contributed by atoms with E-state index in [-0.39, 0.29) is 17.8 Å². The average Bonchev–Trinajstić information content (AvgIpc) is 3.34. The van der Waals surface area contributed by atoms with Crippen LogP contribution in [-0.4, -0.2) is 43.5 Å². The van der Waals surface area contributed by atoms with Crippen molar-refractivity contribution in [1.82, 2.24) is 24.5 Å². The molecule has 1 aliphatic rings. The maximum Gasteiger partial charge on any atom is 0.257 e. The Balaban J connectivity index is 1.52. The van der Waals surface area contributed by atoms with Crippen LogP contribution in [0.25, 0.3) is 5.69 Å². The van der Waals surface area contributed by atoms with E-state index in [0.29, 0.717) is 24.3 Å². The van der Waals surface area contributed by atoms with Crippen molar-refractivity contribution in [2.45, 2.75) is 18.9 Å². The van der Waals surface area contributed by atoms with E-state index in [2.05, 4.69) is 10.2 Å².